The molecule has 0 radical (unpaired) electrons. The summed E-state index contributed by atoms with van der Waals surface area (Å²) >= 11 is 0. The second-order valence-corrected chi connectivity index (χ2v) is 5.54. The van der Waals surface area contributed by atoms with E-state index >= 15 is 0 Å². The first kappa shape index (κ1) is 15.6. The molecule has 1 aromatic carbocycles. The average Bonchev–Trinajstić information content (AvgIpc) is 3.21. The van der Waals surface area contributed by atoms with Gasteiger partial charge in [-0.2, -0.15) is 0 Å². The van der Waals surface area contributed by atoms with E-state index in [4.69, 9.17) is 9.15 Å². The first-order valence-electron chi connectivity index (χ1n) is 7.88. The highest BCUT2D eigenvalue weighted by molar-refractivity contribution is 5.89. The van der Waals surface area contributed by atoms with Crippen molar-refractivity contribution in [2.45, 2.75) is 32.9 Å². The van der Waals surface area contributed by atoms with E-state index in [1.807, 2.05) is 31.2 Å². The van der Waals surface area contributed by atoms with Gasteiger partial charge in [-0.25, -0.2) is 9.78 Å². The summed E-state index contributed by atoms with van der Waals surface area (Å²) < 4.78 is 10.6. The van der Waals surface area contributed by atoms with E-state index in [1.165, 1.54) is 0 Å². The number of aromatic nitrogens is 1. The number of rotatable bonds is 6. The van der Waals surface area contributed by atoms with Crippen LogP contribution in [0.1, 0.15) is 37.1 Å². The summed E-state index contributed by atoms with van der Waals surface area (Å²) in [5.41, 5.74) is 1.97. The minimum atomic E-state index is -0.283. The Morgan fingerprint density at radius 3 is 3.00 bits per heavy atom. The third-order valence-corrected chi connectivity index (χ3v) is 3.95. The third-order valence-electron chi connectivity index (χ3n) is 3.95. The fraction of sp³-hybridized carbons (Fsp3) is 0.412. The average molecular weight is 315 g/mol. The Balaban J connectivity index is 1.65. The van der Waals surface area contributed by atoms with E-state index < -0.39 is 0 Å². The summed E-state index contributed by atoms with van der Waals surface area (Å²) in [5, 5.41) is 3.39. The molecule has 6 heteroatoms. The van der Waals surface area contributed by atoms with Crippen LogP contribution in [0, 0.1) is 0 Å². The van der Waals surface area contributed by atoms with Crippen molar-refractivity contribution in [3.05, 3.63) is 47.7 Å². The van der Waals surface area contributed by atoms with Gasteiger partial charge in [0.15, 0.2) is 0 Å². The summed E-state index contributed by atoms with van der Waals surface area (Å²) in [6, 6.07) is 8.04. The van der Waals surface area contributed by atoms with Crippen molar-refractivity contribution >= 4 is 11.8 Å². The first-order chi connectivity index (χ1) is 11.2. The van der Waals surface area contributed by atoms with Crippen molar-refractivity contribution in [1.29, 1.82) is 0 Å². The fourth-order valence-corrected chi connectivity index (χ4v) is 2.54. The van der Waals surface area contributed by atoms with Crippen LogP contribution in [0.2, 0.25) is 0 Å². The molecule has 1 saturated heterocycles. The minimum Gasteiger partial charge on any atom is -0.447 e. The van der Waals surface area contributed by atoms with Crippen molar-refractivity contribution < 1.29 is 13.9 Å². The molecule has 1 N–H and O–H groups in total. The normalized spacial score (nSPS) is 15.7. The number of amides is 1. The molecule has 1 aliphatic heterocycles. The monoisotopic (exact) mass is 315 g/mol. The van der Waals surface area contributed by atoms with Crippen molar-refractivity contribution in [2.75, 3.05) is 18.1 Å². The van der Waals surface area contributed by atoms with E-state index in [-0.39, 0.29) is 12.1 Å². The molecule has 0 unspecified atom stereocenters. The van der Waals surface area contributed by atoms with Gasteiger partial charge in [-0.05, 0) is 24.6 Å². The largest absolute Gasteiger partial charge is 0.447 e. The highest BCUT2D eigenvalue weighted by atomic mass is 16.6. The molecule has 1 aliphatic rings. The van der Waals surface area contributed by atoms with Crippen molar-refractivity contribution in [3.8, 4) is 0 Å². The lowest BCUT2D eigenvalue weighted by Gasteiger charge is -2.17. The molecule has 122 valence electrons. The Hall–Kier alpha value is -2.34. The molecule has 0 saturated carbocycles. The summed E-state index contributed by atoms with van der Waals surface area (Å²) in [7, 11) is 0. The van der Waals surface area contributed by atoms with Crippen LogP contribution >= 0.6 is 0 Å². The SMILES string of the molecule is CCc1cnc(CN[C@H](C)c2cccc(N3CCOC3=O)c2)o1. The predicted octanol–water partition coefficient (Wildman–Crippen LogP) is 3.04. The zero-order chi connectivity index (χ0) is 16.2. The number of oxazole rings is 1. The summed E-state index contributed by atoms with van der Waals surface area (Å²) in [6.45, 7) is 5.72. The molecule has 3 rings (SSSR count). The Morgan fingerprint density at radius 1 is 1.43 bits per heavy atom. The number of cyclic esters (lactones) is 1. The topological polar surface area (TPSA) is 67.6 Å². The molecular weight excluding hydrogens is 294 g/mol. The van der Waals surface area contributed by atoms with E-state index in [1.54, 1.807) is 11.1 Å². The maximum absolute atomic E-state index is 11.7. The van der Waals surface area contributed by atoms with Crippen LogP contribution in [0.25, 0.3) is 0 Å². The van der Waals surface area contributed by atoms with Crippen LogP contribution in [0.3, 0.4) is 0 Å². The van der Waals surface area contributed by atoms with E-state index in [2.05, 4.69) is 17.2 Å². The molecule has 1 atom stereocenters. The Kier molecular flexibility index (Phi) is 4.62. The maximum Gasteiger partial charge on any atom is 0.414 e. The molecule has 23 heavy (non-hydrogen) atoms. The van der Waals surface area contributed by atoms with Crippen LogP contribution in [0.4, 0.5) is 10.5 Å². The van der Waals surface area contributed by atoms with Crippen LogP contribution < -0.4 is 10.2 Å². The van der Waals surface area contributed by atoms with Gasteiger partial charge in [-0.3, -0.25) is 4.90 Å². The zero-order valence-electron chi connectivity index (χ0n) is 13.4. The van der Waals surface area contributed by atoms with Gasteiger partial charge in [-0.15, -0.1) is 0 Å². The number of benzene rings is 1. The molecule has 0 bridgehead atoms. The van der Waals surface area contributed by atoms with Gasteiger partial charge in [0, 0.05) is 18.2 Å². The number of hydrogen-bond acceptors (Lipinski definition) is 5. The number of nitrogens with zero attached hydrogens (tertiary/aromatic N) is 2. The molecule has 1 fully saturated rings. The molecule has 0 aliphatic carbocycles. The number of ether oxygens (including phenoxy) is 1. The second-order valence-electron chi connectivity index (χ2n) is 5.54. The predicted molar refractivity (Wildman–Crippen MR) is 86.3 cm³/mol. The van der Waals surface area contributed by atoms with Gasteiger partial charge in [0.2, 0.25) is 5.89 Å². The number of nitrogens with one attached hydrogen (secondary N) is 1. The van der Waals surface area contributed by atoms with Crippen molar-refractivity contribution in [2.24, 2.45) is 0 Å². The van der Waals surface area contributed by atoms with Crippen LogP contribution in [-0.2, 0) is 17.7 Å². The molecule has 2 aromatic rings. The van der Waals surface area contributed by atoms with E-state index in [0.29, 0.717) is 25.6 Å². The smallest absolute Gasteiger partial charge is 0.414 e. The van der Waals surface area contributed by atoms with Gasteiger partial charge in [0.05, 0.1) is 19.3 Å². The summed E-state index contributed by atoms with van der Waals surface area (Å²) in [4.78, 5) is 17.6. The standard InChI is InChI=1S/C17H21N3O3/c1-3-15-10-19-16(23-15)11-18-12(2)13-5-4-6-14(9-13)20-7-8-22-17(20)21/h4-6,9-10,12,18H,3,7-8,11H2,1-2H3/t12-/m1/s1. The molecular formula is C17H21N3O3. The van der Waals surface area contributed by atoms with Crippen LogP contribution in [-0.4, -0.2) is 24.2 Å². The zero-order valence-corrected chi connectivity index (χ0v) is 13.4. The molecule has 0 spiro atoms. The molecule has 1 amide bonds. The van der Waals surface area contributed by atoms with Crippen molar-refractivity contribution in [1.82, 2.24) is 10.3 Å². The lowest BCUT2D eigenvalue weighted by Crippen LogP contribution is -2.24. The van der Waals surface area contributed by atoms with Crippen LogP contribution in [0.5, 0.6) is 0 Å². The minimum absolute atomic E-state index is 0.116. The lowest BCUT2D eigenvalue weighted by atomic mass is 10.1. The van der Waals surface area contributed by atoms with Gasteiger partial charge in [0.25, 0.3) is 0 Å². The summed E-state index contributed by atoms with van der Waals surface area (Å²) in [5.74, 6) is 1.58. The number of hydrogen-bond donors (Lipinski definition) is 1. The molecule has 1 aromatic heterocycles. The fourth-order valence-electron chi connectivity index (χ4n) is 2.54. The Bertz CT molecular complexity index is 683. The lowest BCUT2D eigenvalue weighted by molar-refractivity contribution is 0.181. The summed E-state index contributed by atoms with van der Waals surface area (Å²) in [6.07, 6.45) is 2.33. The number of anilines is 1. The Morgan fingerprint density at radius 2 is 2.30 bits per heavy atom. The van der Waals surface area contributed by atoms with Crippen LogP contribution in [0.15, 0.2) is 34.9 Å². The van der Waals surface area contributed by atoms with Gasteiger partial charge in [0.1, 0.15) is 12.4 Å². The van der Waals surface area contributed by atoms with Gasteiger partial charge in [-0.1, -0.05) is 19.1 Å². The second kappa shape index (κ2) is 6.83. The van der Waals surface area contributed by atoms with E-state index in [0.717, 1.165) is 23.4 Å². The maximum atomic E-state index is 11.7. The first-order valence-corrected chi connectivity index (χ1v) is 7.88. The Labute approximate surface area is 135 Å². The van der Waals surface area contributed by atoms with Crippen molar-refractivity contribution in [3.63, 3.8) is 0 Å². The quantitative estimate of drug-likeness (QED) is 0.887. The number of aryl methyl sites for hydroxylation is 1. The highest BCUT2D eigenvalue weighted by Gasteiger charge is 2.23. The van der Waals surface area contributed by atoms with E-state index in [9.17, 15) is 4.79 Å². The van der Waals surface area contributed by atoms with Gasteiger partial charge < -0.3 is 14.5 Å². The number of carbonyl (C=O) groups is 1. The highest BCUT2D eigenvalue weighted by Crippen LogP contribution is 2.23. The third kappa shape index (κ3) is 3.53. The number of carbonyl (C=O) groups excluding carboxylic acids is 1. The molecule has 6 nitrogen and oxygen atoms in total. The van der Waals surface area contributed by atoms with Gasteiger partial charge >= 0.3 is 6.09 Å². The molecule has 2 heterocycles.